The lowest BCUT2D eigenvalue weighted by molar-refractivity contribution is -0.114. The first-order valence-corrected chi connectivity index (χ1v) is 11.8. The average molecular weight is 454 g/mol. The second-order valence-corrected chi connectivity index (χ2v) is 9.88. The first-order chi connectivity index (χ1) is 13.6. The van der Waals surface area contributed by atoms with Crippen molar-refractivity contribution in [3.63, 3.8) is 0 Å². The lowest BCUT2D eigenvalue weighted by Crippen LogP contribution is -2.37. The molecule has 154 valence electrons. The summed E-state index contributed by atoms with van der Waals surface area (Å²) in [4.78, 5) is 24.5. The summed E-state index contributed by atoms with van der Waals surface area (Å²) in [6.45, 7) is 3.80. The molecule has 0 unspecified atom stereocenters. The van der Waals surface area contributed by atoms with E-state index in [1.807, 2.05) is 6.92 Å². The number of thiazole rings is 1. The Balaban J connectivity index is 1.85. The summed E-state index contributed by atoms with van der Waals surface area (Å²) in [6.07, 6.45) is 1.05. The van der Waals surface area contributed by atoms with Crippen molar-refractivity contribution in [3.8, 4) is 0 Å². The van der Waals surface area contributed by atoms with Gasteiger partial charge in [-0.05, 0) is 55.8 Å². The van der Waals surface area contributed by atoms with Crippen LogP contribution in [-0.4, -0.2) is 31.7 Å². The predicted molar refractivity (Wildman–Crippen MR) is 119 cm³/mol. The smallest absolute Gasteiger partial charge is 0.308 e. The standard InChI is InChI=1S/C19H20ClN3O4S2/c1-4-22-16-8-6-14(10-17(16)28-19(22)25)21-18(24)11-23(29(3,26)27)15-7-5-13(20)9-12(15)2/h5-10H,4,11H2,1-3H3,(H,21,24). The highest BCUT2D eigenvalue weighted by Gasteiger charge is 2.22. The maximum absolute atomic E-state index is 12.6. The number of hydrogen-bond donors (Lipinski definition) is 1. The zero-order chi connectivity index (χ0) is 21.3. The fourth-order valence-corrected chi connectivity index (χ4v) is 5.19. The van der Waals surface area contributed by atoms with Crippen molar-refractivity contribution in [1.82, 2.24) is 4.57 Å². The van der Waals surface area contributed by atoms with Crippen molar-refractivity contribution in [3.05, 3.63) is 56.7 Å². The fourth-order valence-electron chi connectivity index (χ4n) is 3.05. The van der Waals surface area contributed by atoms with Crippen molar-refractivity contribution in [1.29, 1.82) is 0 Å². The highest BCUT2D eigenvalue weighted by molar-refractivity contribution is 7.92. The zero-order valence-electron chi connectivity index (χ0n) is 16.1. The van der Waals surface area contributed by atoms with Crippen LogP contribution in [0.5, 0.6) is 0 Å². The minimum atomic E-state index is -3.69. The van der Waals surface area contributed by atoms with Crippen molar-refractivity contribution in [2.75, 3.05) is 22.4 Å². The van der Waals surface area contributed by atoms with Gasteiger partial charge in [-0.15, -0.1) is 0 Å². The van der Waals surface area contributed by atoms with E-state index >= 15 is 0 Å². The molecule has 0 bridgehead atoms. The molecule has 1 N–H and O–H groups in total. The Morgan fingerprint density at radius 1 is 1.24 bits per heavy atom. The minimum Gasteiger partial charge on any atom is -0.324 e. The van der Waals surface area contributed by atoms with Gasteiger partial charge in [-0.25, -0.2) is 8.42 Å². The Morgan fingerprint density at radius 2 is 1.97 bits per heavy atom. The number of nitrogens with zero attached hydrogens (tertiary/aromatic N) is 2. The molecule has 1 heterocycles. The van der Waals surface area contributed by atoms with Crippen LogP contribution in [0.1, 0.15) is 12.5 Å². The van der Waals surface area contributed by atoms with Crippen molar-refractivity contribution in [2.45, 2.75) is 20.4 Å². The van der Waals surface area contributed by atoms with Gasteiger partial charge in [0.25, 0.3) is 0 Å². The van der Waals surface area contributed by atoms with E-state index in [1.54, 1.807) is 47.9 Å². The Hall–Kier alpha value is -2.36. The maximum atomic E-state index is 12.6. The SMILES string of the molecule is CCn1c(=O)sc2cc(NC(=O)CN(c3ccc(Cl)cc3C)S(C)(=O)=O)ccc21. The molecule has 2 aromatic carbocycles. The van der Waals surface area contributed by atoms with E-state index in [2.05, 4.69) is 5.32 Å². The highest BCUT2D eigenvalue weighted by atomic mass is 35.5. The van der Waals surface area contributed by atoms with Crippen LogP contribution in [0, 0.1) is 6.92 Å². The number of aryl methyl sites for hydroxylation is 2. The molecule has 0 aliphatic rings. The highest BCUT2D eigenvalue weighted by Crippen LogP contribution is 2.26. The minimum absolute atomic E-state index is 0.0626. The molecule has 0 radical (unpaired) electrons. The molecule has 3 aromatic rings. The second kappa shape index (κ2) is 8.17. The molecular formula is C19H20ClN3O4S2. The Bertz CT molecular complexity index is 1250. The lowest BCUT2D eigenvalue weighted by Gasteiger charge is -2.23. The molecule has 0 aliphatic carbocycles. The van der Waals surface area contributed by atoms with Crippen LogP contribution >= 0.6 is 22.9 Å². The Kier molecular flexibility index (Phi) is 6.02. The van der Waals surface area contributed by atoms with Gasteiger partial charge in [0.1, 0.15) is 6.54 Å². The molecule has 1 amide bonds. The Labute approximate surface area is 177 Å². The number of aromatic nitrogens is 1. The summed E-state index contributed by atoms with van der Waals surface area (Å²) in [6, 6.07) is 9.96. The van der Waals surface area contributed by atoms with Crippen LogP contribution in [0.15, 0.2) is 41.2 Å². The lowest BCUT2D eigenvalue weighted by atomic mass is 10.2. The van der Waals surface area contributed by atoms with Gasteiger partial charge in [0, 0.05) is 17.3 Å². The second-order valence-electron chi connectivity index (χ2n) is 6.54. The molecule has 7 nitrogen and oxygen atoms in total. The third-order valence-electron chi connectivity index (χ3n) is 4.38. The van der Waals surface area contributed by atoms with Gasteiger partial charge >= 0.3 is 4.87 Å². The van der Waals surface area contributed by atoms with Crippen LogP contribution in [0.25, 0.3) is 10.2 Å². The molecule has 3 rings (SSSR count). The number of carbonyl (C=O) groups is 1. The van der Waals surface area contributed by atoms with Gasteiger partial charge in [0.15, 0.2) is 0 Å². The monoisotopic (exact) mass is 453 g/mol. The fraction of sp³-hybridized carbons (Fsp3) is 0.263. The van der Waals surface area contributed by atoms with Crippen molar-refractivity contribution >= 4 is 60.5 Å². The first-order valence-electron chi connectivity index (χ1n) is 8.77. The predicted octanol–water partition coefficient (Wildman–Crippen LogP) is 3.45. The number of anilines is 2. The van der Waals surface area contributed by atoms with Crippen LogP contribution in [0.3, 0.4) is 0 Å². The summed E-state index contributed by atoms with van der Waals surface area (Å²) in [7, 11) is -3.69. The molecule has 0 spiro atoms. The summed E-state index contributed by atoms with van der Waals surface area (Å²) in [5.74, 6) is -0.494. The number of nitrogens with one attached hydrogen (secondary N) is 1. The van der Waals surface area contributed by atoms with Crippen LogP contribution in [0.2, 0.25) is 5.02 Å². The molecule has 1 aromatic heterocycles. The van der Waals surface area contributed by atoms with Crippen LogP contribution in [0.4, 0.5) is 11.4 Å². The van der Waals surface area contributed by atoms with E-state index in [9.17, 15) is 18.0 Å². The van der Waals surface area contributed by atoms with Crippen LogP contribution in [-0.2, 0) is 21.4 Å². The topological polar surface area (TPSA) is 88.5 Å². The van der Waals surface area contributed by atoms with Crippen molar-refractivity contribution in [2.24, 2.45) is 0 Å². The van der Waals surface area contributed by atoms with E-state index in [-0.39, 0.29) is 11.4 Å². The number of sulfonamides is 1. The molecule has 29 heavy (non-hydrogen) atoms. The van der Waals surface area contributed by atoms with E-state index < -0.39 is 15.9 Å². The van der Waals surface area contributed by atoms with Gasteiger partial charge in [0.2, 0.25) is 15.9 Å². The Morgan fingerprint density at radius 3 is 2.59 bits per heavy atom. The first kappa shape index (κ1) is 21.4. The third-order valence-corrected chi connectivity index (χ3v) is 6.69. The summed E-state index contributed by atoms with van der Waals surface area (Å²) in [5.41, 5.74) is 2.33. The quantitative estimate of drug-likeness (QED) is 0.619. The molecule has 0 aliphatic heterocycles. The zero-order valence-corrected chi connectivity index (χ0v) is 18.5. The molecule has 0 saturated carbocycles. The summed E-state index contributed by atoms with van der Waals surface area (Å²) >= 11 is 7.05. The van der Waals surface area contributed by atoms with Gasteiger partial charge in [-0.2, -0.15) is 0 Å². The van der Waals surface area contributed by atoms with Gasteiger partial charge in [-0.1, -0.05) is 22.9 Å². The number of amides is 1. The van der Waals surface area contributed by atoms with E-state index in [1.165, 1.54) is 0 Å². The van der Waals surface area contributed by atoms with Gasteiger partial charge < -0.3 is 5.32 Å². The molecule has 0 saturated heterocycles. The number of fused-ring (bicyclic) bond motifs is 1. The summed E-state index contributed by atoms with van der Waals surface area (Å²) in [5, 5.41) is 3.19. The average Bonchev–Trinajstić information content (AvgIpc) is 2.93. The van der Waals surface area contributed by atoms with E-state index in [0.29, 0.717) is 28.5 Å². The number of hydrogen-bond acceptors (Lipinski definition) is 5. The molecule has 10 heteroatoms. The molecule has 0 fully saturated rings. The van der Waals surface area contributed by atoms with Gasteiger partial charge in [0.05, 0.1) is 22.2 Å². The molecule has 0 atom stereocenters. The molecular weight excluding hydrogens is 434 g/mol. The van der Waals surface area contributed by atoms with Crippen molar-refractivity contribution < 1.29 is 13.2 Å². The number of benzene rings is 2. The summed E-state index contributed by atoms with van der Waals surface area (Å²) < 4.78 is 28.0. The largest absolute Gasteiger partial charge is 0.324 e. The maximum Gasteiger partial charge on any atom is 0.308 e. The number of rotatable bonds is 6. The third kappa shape index (κ3) is 4.63. The number of halogens is 1. The van der Waals surface area contributed by atoms with Gasteiger partial charge in [-0.3, -0.25) is 18.5 Å². The van der Waals surface area contributed by atoms with Crippen LogP contribution < -0.4 is 14.5 Å². The normalized spacial score (nSPS) is 11.6. The van der Waals surface area contributed by atoms with E-state index in [0.717, 1.165) is 32.1 Å². The number of carbonyl (C=O) groups excluding carboxylic acids is 1. The van der Waals surface area contributed by atoms with E-state index in [4.69, 9.17) is 11.6 Å².